The van der Waals surface area contributed by atoms with Crippen LogP contribution in [-0.4, -0.2) is 41.1 Å². The minimum Gasteiger partial charge on any atom is -0.480 e. The average Bonchev–Trinajstić information content (AvgIpc) is 2.37. The summed E-state index contributed by atoms with van der Waals surface area (Å²) in [5.74, 6) is -4.70. The summed E-state index contributed by atoms with van der Waals surface area (Å²) < 4.78 is 38.9. The van der Waals surface area contributed by atoms with Crippen LogP contribution in [0.5, 0.6) is 0 Å². The molecule has 3 atom stereocenters. The van der Waals surface area contributed by atoms with Gasteiger partial charge in [0.1, 0.15) is 6.04 Å². The van der Waals surface area contributed by atoms with Crippen molar-refractivity contribution < 1.29 is 27.9 Å². The number of hydrogen-bond acceptors (Lipinski definition) is 2. The zero-order valence-corrected chi connectivity index (χ0v) is 11.6. The van der Waals surface area contributed by atoms with Crippen molar-refractivity contribution in [3.8, 4) is 0 Å². The third kappa shape index (κ3) is 3.64. The van der Waals surface area contributed by atoms with Crippen molar-refractivity contribution in [2.45, 2.75) is 51.2 Å². The highest BCUT2D eigenvalue weighted by atomic mass is 19.4. The van der Waals surface area contributed by atoms with E-state index in [4.69, 9.17) is 5.11 Å². The average molecular weight is 295 g/mol. The molecule has 0 spiro atoms. The summed E-state index contributed by atoms with van der Waals surface area (Å²) >= 11 is 0. The molecule has 0 aromatic heterocycles. The van der Waals surface area contributed by atoms with Crippen LogP contribution in [0.3, 0.4) is 0 Å². The van der Waals surface area contributed by atoms with E-state index in [-0.39, 0.29) is 19.3 Å². The summed E-state index contributed by atoms with van der Waals surface area (Å²) in [6, 6.07) is -1.07. The normalized spacial score (nSPS) is 25.1. The number of hydrogen-bond donors (Lipinski definition) is 1. The van der Waals surface area contributed by atoms with E-state index in [0.717, 1.165) is 4.90 Å². The number of carbonyl (C=O) groups excluding carboxylic acids is 1. The summed E-state index contributed by atoms with van der Waals surface area (Å²) in [6.45, 7) is 1.59. The van der Waals surface area contributed by atoms with Crippen molar-refractivity contribution >= 4 is 11.9 Å². The molecule has 1 N–H and O–H groups in total. The lowest BCUT2D eigenvalue weighted by molar-refractivity contribution is -0.201. The van der Waals surface area contributed by atoms with E-state index in [0.29, 0.717) is 12.8 Å². The molecule has 1 aliphatic carbocycles. The Morgan fingerprint density at radius 3 is 2.30 bits per heavy atom. The van der Waals surface area contributed by atoms with Crippen LogP contribution in [0.25, 0.3) is 0 Å². The molecule has 3 unspecified atom stereocenters. The summed E-state index contributed by atoms with van der Waals surface area (Å²) in [6.07, 6.45) is -3.11. The first-order chi connectivity index (χ1) is 9.20. The van der Waals surface area contributed by atoms with Crippen LogP contribution in [0.15, 0.2) is 0 Å². The van der Waals surface area contributed by atoms with Crippen LogP contribution < -0.4 is 0 Å². The maximum atomic E-state index is 13.0. The molecule has 0 bridgehead atoms. The maximum absolute atomic E-state index is 13.0. The molecule has 4 nitrogen and oxygen atoms in total. The van der Waals surface area contributed by atoms with E-state index in [1.807, 2.05) is 0 Å². The van der Waals surface area contributed by atoms with Crippen LogP contribution >= 0.6 is 0 Å². The zero-order chi connectivity index (χ0) is 15.5. The van der Waals surface area contributed by atoms with Gasteiger partial charge in [-0.1, -0.05) is 19.8 Å². The predicted octanol–water partition coefficient (Wildman–Crippen LogP) is 2.68. The molecular formula is C13H20F3NO3. The van der Waals surface area contributed by atoms with Gasteiger partial charge in [-0.3, -0.25) is 4.79 Å². The van der Waals surface area contributed by atoms with Gasteiger partial charge in [-0.2, -0.15) is 13.2 Å². The third-order valence-electron chi connectivity index (χ3n) is 3.99. The minimum absolute atomic E-state index is 0.0579. The Hall–Kier alpha value is -1.27. The highest BCUT2D eigenvalue weighted by molar-refractivity contribution is 5.85. The number of halogens is 3. The fourth-order valence-electron chi connectivity index (χ4n) is 2.85. The lowest BCUT2D eigenvalue weighted by atomic mass is 9.78. The van der Waals surface area contributed by atoms with E-state index >= 15 is 0 Å². The molecule has 1 aliphatic rings. The van der Waals surface area contributed by atoms with Gasteiger partial charge in [0, 0.05) is 13.0 Å². The molecule has 0 heterocycles. The Bertz CT molecular complexity index is 370. The molecule has 0 saturated heterocycles. The first kappa shape index (κ1) is 16.8. The molecular weight excluding hydrogens is 275 g/mol. The van der Waals surface area contributed by atoms with Crippen molar-refractivity contribution in [1.82, 2.24) is 4.90 Å². The molecule has 20 heavy (non-hydrogen) atoms. The van der Waals surface area contributed by atoms with E-state index in [2.05, 4.69) is 0 Å². The molecule has 1 rings (SSSR count). The van der Waals surface area contributed by atoms with Gasteiger partial charge >= 0.3 is 12.1 Å². The topological polar surface area (TPSA) is 57.6 Å². The Balaban J connectivity index is 2.90. The first-order valence-corrected chi connectivity index (χ1v) is 6.76. The lowest BCUT2D eigenvalue weighted by Gasteiger charge is -2.35. The zero-order valence-electron chi connectivity index (χ0n) is 11.6. The molecule has 0 aromatic carbocycles. The summed E-state index contributed by atoms with van der Waals surface area (Å²) in [4.78, 5) is 24.2. The summed E-state index contributed by atoms with van der Waals surface area (Å²) in [7, 11) is 1.27. The second-order valence-corrected chi connectivity index (χ2v) is 5.25. The van der Waals surface area contributed by atoms with E-state index in [1.54, 1.807) is 6.92 Å². The maximum Gasteiger partial charge on any atom is 0.392 e. The monoisotopic (exact) mass is 295 g/mol. The molecule has 1 fully saturated rings. The van der Waals surface area contributed by atoms with Crippen molar-refractivity contribution in [1.29, 1.82) is 0 Å². The first-order valence-electron chi connectivity index (χ1n) is 6.76. The Morgan fingerprint density at radius 2 is 1.85 bits per heavy atom. The largest absolute Gasteiger partial charge is 0.480 e. The molecule has 7 heteroatoms. The molecule has 0 aliphatic heterocycles. The fourth-order valence-corrected chi connectivity index (χ4v) is 2.85. The van der Waals surface area contributed by atoms with Crippen LogP contribution in [-0.2, 0) is 9.59 Å². The second kappa shape index (κ2) is 6.45. The van der Waals surface area contributed by atoms with Crippen LogP contribution in [0, 0.1) is 11.8 Å². The molecule has 1 saturated carbocycles. The van der Waals surface area contributed by atoms with Gasteiger partial charge in [0.05, 0.1) is 5.92 Å². The number of rotatable bonds is 4. The van der Waals surface area contributed by atoms with E-state index < -0.39 is 35.9 Å². The number of likely N-dealkylation sites (N-methyl/N-ethyl adjacent to an activating group) is 1. The Morgan fingerprint density at radius 1 is 1.30 bits per heavy atom. The highest BCUT2D eigenvalue weighted by Crippen LogP contribution is 2.42. The van der Waals surface area contributed by atoms with Crippen molar-refractivity contribution in [3.05, 3.63) is 0 Å². The van der Waals surface area contributed by atoms with Gasteiger partial charge in [-0.05, 0) is 19.3 Å². The van der Waals surface area contributed by atoms with Gasteiger partial charge in [-0.15, -0.1) is 0 Å². The van der Waals surface area contributed by atoms with Crippen molar-refractivity contribution in [3.63, 3.8) is 0 Å². The van der Waals surface area contributed by atoms with Crippen LogP contribution in [0.2, 0.25) is 0 Å². The fraction of sp³-hybridized carbons (Fsp3) is 0.846. The summed E-state index contributed by atoms with van der Waals surface area (Å²) in [5, 5.41) is 9.00. The van der Waals surface area contributed by atoms with Crippen molar-refractivity contribution in [2.24, 2.45) is 11.8 Å². The number of carboxylic acids is 1. The molecule has 1 amide bonds. The van der Waals surface area contributed by atoms with E-state index in [9.17, 15) is 22.8 Å². The number of alkyl halides is 3. The van der Waals surface area contributed by atoms with Crippen molar-refractivity contribution in [2.75, 3.05) is 7.05 Å². The number of carbonyl (C=O) groups is 2. The standard InChI is InChI=1S/C13H20F3NO3/c1-3-10(12(19)20)17(2)11(18)8-6-4-5-7-9(8)13(14,15)16/h8-10H,3-7H2,1-2H3,(H,19,20). The SMILES string of the molecule is CCC(C(=O)O)N(C)C(=O)C1CCCCC1C(F)(F)F. The Kier molecular flexibility index (Phi) is 5.42. The molecule has 0 aromatic rings. The quantitative estimate of drug-likeness (QED) is 0.867. The van der Waals surface area contributed by atoms with Gasteiger partial charge in [0.15, 0.2) is 0 Å². The van der Waals surface area contributed by atoms with Crippen LogP contribution in [0.1, 0.15) is 39.0 Å². The van der Waals surface area contributed by atoms with E-state index in [1.165, 1.54) is 7.05 Å². The highest BCUT2D eigenvalue weighted by Gasteiger charge is 2.49. The smallest absolute Gasteiger partial charge is 0.392 e. The van der Waals surface area contributed by atoms with Gasteiger partial charge < -0.3 is 10.0 Å². The van der Waals surface area contributed by atoms with Gasteiger partial charge in [-0.25, -0.2) is 4.79 Å². The number of aliphatic carboxylic acids is 1. The van der Waals surface area contributed by atoms with Gasteiger partial charge in [0.2, 0.25) is 5.91 Å². The number of amides is 1. The second-order valence-electron chi connectivity index (χ2n) is 5.25. The molecule has 0 radical (unpaired) electrons. The number of carboxylic acid groups (broad SMARTS) is 1. The molecule has 116 valence electrons. The van der Waals surface area contributed by atoms with Gasteiger partial charge in [0.25, 0.3) is 0 Å². The Labute approximate surface area is 115 Å². The van der Waals surface area contributed by atoms with Crippen LogP contribution in [0.4, 0.5) is 13.2 Å². The third-order valence-corrected chi connectivity index (χ3v) is 3.99. The minimum atomic E-state index is -4.41. The lowest BCUT2D eigenvalue weighted by Crippen LogP contribution is -2.49. The summed E-state index contributed by atoms with van der Waals surface area (Å²) in [5.41, 5.74) is 0. The number of nitrogens with zero attached hydrogens (tertiary/aromatic N) is 1. The predicted molar refractivity (Wildman–Crippen MR) is 66.0 cm³/mol.